The quantitative estimate of drug-likeness (QED) is 0.338. The second kappa shape index (κ2) is 6.13. The van der Waals surface area contributed by atoms with E-state index in [1.54, 1.807) is 24.3 Å². The Morgan fingerprint density at radius 3 is 2.29 bits per heavy atom. The lowest BCUT2D eigenvalue weighted by Crippen LogP contribution is -2.40. The number of hydrogen-bond donors (Lipinski definition) is 0. The van der Waals surface area contributed by atoms with E-state index in [0.29, 0.717) is 10.6 Å². The summed E-state index contributed by atoms with van der Waals surface area (Å²) in [6.45, 7) is 0. The van der Waals surface area contributed by atoms with E-state index in [-0.39, 0.29) is 11.4 Å². The summed E-state index contributed by atoms with van der Waals surface area (Å²) in [5, 5.41) is 11.3. The predicted octanol–water partition coefficient (Wildman–Crippen LogP) is 2.48. The van der Waals surface area contributed by atoms with E-state index >= 15 is 0 Å². The molecule has 4 rings (SSSR count). The smallest absolute Gasteiger partial charge is 0.310 e. The number of halogens is 1. The fourth-order valence-corrected chi connectivity index (χ4v) is 4.17. The molecule has 8 nitrogen and oxygen atoms in total. The third-order valence-corrected chi connectivity index (χ3v) is 5.60. The third-order valence-electron chi connectivity index (χ3n) is 5.34. The first-order valence-corrected chi connectivity index (χ1v) is 8.68. The molecule has 1 aliphatic heterocycles. The highest BCUT2D eigenvalue weighted by atomic mass is 35.5. The molecule has 0 radical (unpaired) electrons. The number of methoxy groups -OCH3 is 1. The third kappa shape index (κ3) is 2.27. The van der Waals surface area contributed by atoms with Gasteiger partial charge >= 0.3 is 5.97 Å². The van der Waals surface area contributed by atoms with Crippen LogP contribution >= 0.6 is 11.6 Å². The van der Waals surface area contributed by atoms with Crippen LogP contribution in [0.1, 0.15) is 5.56 Å². The number of rotatable bonds is 4. The number of piperidine rings is 1. The number of carbonyl (C=O) groups excluding carboxylic acids is 3. The summed E-state index contributed by atoms with van der Waals surface area (Å²) < 4.78 is 4.80. The fraction of sp³-hybridized carbons (Fsp3) is 0.211. The Morgan fingerprint density at radius 2 is 1.75 bits per heavy atom. The number of imide groups is 1. The van der Waals surface area contributed by atoms with Crippen molar-refractivity contribution in [1.82, 2.24) is 0 Å². The number of carbonyl (C=O) groups is 3. The van der Waals surface area contributed by atoms with Crippen LogP contribution in [-0.4, -0.2) is 29.8 Å². The zero-order valence-corrected chi connectivity index (χ0v) is 15.3. The topological polar surface area (TPSA) is 107 Å². The number of amides is 2. The SMILES string of the molecule is COC(=O)[C@H]1[C@@H]2C(=O)N(c3ccc([N+](=O)[O-])cc3)C(=O)[C@]12c1ccc(Cl)cc1. The average Bonchev–Trinajstić information content (AvgIpc) is 3.33. The molecule has 0 aromatic heterocycles. The summed E-state index contributed by atoms with van der Waals surface area (Å²) in [6.07, 6.45) is 0. The minimum absolute atomic E-state index is 0.159. The summed E-state index contributed by atoms with van der Waals surface area (Å²) in [4.78, 5) is 49.8. The predicted molar refractivity (Wildman–Crippen MR) is 97.7 cm³/mol. The first kappa shape index (κ1) is 18.1. The number of non-ortho nitro benzene ring substituents is 1. The van der Waals surface area contributed by atoms with Crippen molar-refractivity contribution in [3.05, 3.63) is 69.2 Å². The van der Waals surface area contributed by atoms with E-state index in [1.807, 2.05) is 0 Å². The Kier molecular flexibility index (Phi) is 3.97. The molecular formula is C19H13ClN2O6. The lowest BCUT2D eigenvalue weighted by atomic mass is 9.91. The maximum atomic E-state index is 13.3. The molecule has 1 saturated carbocycles. The zero-order valence-electron chi connectivity index (χ0n) is 14.5. The van der Waals surface area contributed by atoms with Crippen LogP contribution in [0.2, 0.25) is 5.02 Å². The van der Waals surface area contributed by atoms with E-state index in [9.17, 15) is 24.5 Å². The second-order valence-electron chi connectivity index (χ2n) is 6.61. The number of ether oxygens (including phenoxy) is 1. The van der Waals surface area contributed by atoms with Crippen molar-refractivity contribution in [1.29, 1.82) is 0 Å². The molecule has 2 aromatic rings. The van der Waals surface area contributed by atoms with E-state index < -0.39 is 40.0 Å². The van der Waals surface area contributed by atoms with Gasteiger partial charge in [-0.1, -0.05) is 23.7 Å². The fourth-order valence-electron chi connectivity index (χ4n) is 4.04. The summed E-state index contributed by atoms with van der Waals surface area (Å²) in [7, 11) is 1.20. The van der Waals surface area contributed by atoms with Gasteiger partial charge in [-0.2, -0.15) is 0 Å². The van der Waals surface area contributed by atoms with E-state index in [1.165, 1.54) is 31.4 Å². The van der Waals surface area contributed by atoms with Gasteiger partial charge in [0.15, 0.2) is 0 Å². The average molecular weight is 401 g/mol. The zero-order chi connectivity index (χ0) is 20.2. The molecule has 1 heterocycles. The van der Waals surface area contributed by atoms with Gasteiger partial charge in [-0.25, -0.2) is 4.90 Å². The number of nitro benzene ring substituents is 1. The summed E-state index contributed by atoms with van der Waals surface area (Å²) in [5.41, 5.74) is -0.797. The molecule has 1 aliphatic carbocycles. The molecule has 2 aromatic carbocycles. The molecule has 9 heteroatoms. The number of nitro groups is 1. The first-order valence-electron chi connectivity index (χ1n) is 8.30. The molecule has 0 unspecified atom stereocenters. The maximum Gasteiger partial charge on any atom is 0.310 e. The molecule has 0 spiro atoms. The van der Waals surface area contributed by atoms with Crippen LogP contribution in [0, 0.1) is 22.0 Å². The summed E-state index contributed by atoms with van der Waals surface area (Å²) in [5.74, 6) is -3.53. The van der Waals surface area contributed by atoms with Crippen LogP contribution in [0.15, 0.2) is 48.5 Å². The molecule has 3 atom stereocenters. The van der Waals surface area contributed by atoms with Crippen LogP contribution in [0.5, 0.6) is 0 Å². The Bertz CT molecular complexity index is 1020. The van der Waals surface area contributed by atoms with Gasteiger partial charge in [0.25, 0.3) is 5.69 Å². The molecule has 2 fully saturated rings. The van der Waals surface area contributed by atoms with Crippen molar-refractivity contribution in [2.24, 2.45) is 11.8 Å². The van der Waals surface area contributed by atoms with Crippen molar-refractivity contribution in [3.63, 3.8) is 0 Å². The van der Waals surface area contributed by atoms with Crippen molar-refractivity contribution in [2.45, 2.75) is 5.41 Å². The summed E-state index contributed by atoms with van der Waals surface area (Å²) in [6, 6.07) is 11.5. The molecule has 1 saturated heterocycles. The molecule has 0 bridgehead atoms. The van der Waals surface area contributed by atoms with Crippen molar-refractivity contribution in [3.8, 4) is 0 Å². The minimum Gasteiger partial charge on any atom is -0.469 e. The Labute approximate surface area is 163 Å². The largest absolute Gasteiger partial charge is 0.469 e. The van der Waals surface area contributed by atoms with Gasteiger partial charge in [-0.15, -0.1) is 0 Å². The molecule has 28 heavy (non-hydrogen) atoms. The van der Waals surface area contributed by atoms with E-state index in [4.69, 9.17) is 16.3 Å². The van der Waals surface area contributed by atoms with Crippen molar-refractivity contribution < 1.29 is 24.0 Å². The Balaban J connectivity index is 1.78. The molecule has 142 valence electrons. The van der Waals surface area contributed by atoms with Crippen LogP contribution in [0.3, 0.4) is 0 Å². The normalized spacial score (nSPS) is 25.4. The van der Waals surface area contributed by atoms with E-state index in [2.05, 4.69) is 0 Å². The highest BCUT2D eigenvalue weighted by Crippen LogP contribution is 2.66. The molecular weight excluding hydrogens is 388 g/mol. The Hall–Kier alpha value is -3.26. The molecule has 0 N–H and O–H groups in total. The number of hydrogen-bond acceptors (Lipinski definition) is 6. The minimum atomic E-state index is -1.35. The Morgan fingerprint density at radius 1 is 1.14 bits per heavy atom. The number of nitrogens with zero attached hydrogens (tertiary/aromatic N) is 2. The van der Waals surface area contributed by atoms with Gasteiger partial charge in [0.2, 0.25) is 11.8 Å². The van der Waals surface area contributed by atoms with Gasteiger partial charge in [0.05, 0.1) is 29.6 Å². The second-order valence-corrected chi connectivity index (χ2v) is 7.04. The van der Waals surface area contributed by atoms with Crippen LogP contribution in [0.4, 0.5) is 11.4 Å². The standard InChI is InChI=1S/C19H13ClN2O6/c1-28-17(24)15-14-16(23)21(12-6-8-13(9-7-12)22(26)27)18(25)19(14,15)10-2-4-11(20)5-3-10/h2-9,14-15H,1H3/t14-,15-,19+/m1/s1. The summed E-state index contributed by atoms with van der Waals surface area (Å²) >= 11 is 5.92. The lowest BCUT2D eigenvalue weighted by Gasteiger charge is -2.22. The van der Waals surface area contributed by atoms with Crippen molar-refractivity contribution >= 4 is 40.8 Å². The molecule has 2 aliphatic rings. The van der Waals surface area contributed by atoms with Crippen LogP contribution in [-0.2, 0) is 24.5 Å². The van der Waals surface area contributed by atoms with Crippen LogP contribution in [0.25, 0.3) is 0 Å². The molecule has 2 amide bonds. The number of anilines is 1. The maximum absolute atomic E-state index is 13.3. The van der Waals surface area contributed by atoms with Gasteiger partial charge in [0.1, 0.15) is 5.41 Å². The van der Waals surface area contributed by atoms with Gasteiger partial charge in [-0.3, -0.25) is 24.5 Å². The van der Waals surface area contributed by atoms with Crippen LogP contribution < -0.4 is 4.90 Å². The highest BCUT2D eigenvalue weighted by Gasteiger charge is 2.83. The first-order chi connectivity index (χ1) is 13.3. The lowest BCUT2D eigenvalue weighted by molar-refractivity contribution is -0.384. The van der Waals surface area contributed by atoms with Crippen molar-refractivity contribution in [2.75, 3.05) is 12.0 Å². The van der Waals surface area contributed by atoms with E-state index in [0.717, 1.165) is 4.90 Å². The number of fused-ring (bicyclic) bond motifs is 1. The van der Waals surface area contributed by atoms with Gasteiger partial charge in [0, 0.05) is 17.2 Å². The van der Waals surface area contributed by atoms with Gasteiger partial charge in [-0.05, 0) is 29.8 Å². The number of benzene rings is 2. The van der Waals surface area contributed by atoms with Gasteiger partial charge < -0.3 is 4.74 Å². The number of esters is 1. The highest BCUT2D eigenvalue weighted by molar-refractivity contribution is 6.32. The monoisotopic (exact) mass is 400 g/mol.